The number of allylic oxidation sites excluding steroid dienone is 17. The molecule has 1 atom stereocenters. The lowest BCUT2D eigenvalue weighted by molar-refractivity contribution is 0.267. The maximum absolute atomic E-state index is 4.56. The van der Waals surface area contributed by atoms with Crippen LogP contribution in [0.1, 0.15) is 115 Å². The van der Waals surface area contributed by atoms with Crippen LogP contribution in [0.15, 0.2) is 156 Å². The van der Waals surface area contributed by atoms with Gasteiger partial charge < -0.3 is 9.47 Å². The lowest BCUT2D eigenvalue weighted by atomic mass is 9.73. The maximum Gasteiger partial charge on any atom is 0.0528 e. The van der Waals surface area contributed by atoms with Crippen molar-refractivity contribution >= 4 is 53.2 Å². The average Bonchev–Trinajstić information content (AvgIpc) is 3.38. The number of anilines is 2. The second-order valence-electron chi connectivity index (χ2n) is 15.8. The third-order valence-corrected chi connectivity index (χ3v) is 11.3. The SMILES string of the molecule is C/C=C\C=C/c1cn(/C(C)=C/C=C\C)c(/C=C\C)c1/C=C/c1ccc(N(/C(=C/C=C2/C/C=C\C=C/CC(C)(C)C2C)CC)c2cccc(C3=CCCN=CC3)c2)cc1. The first kappa shape index (κ1) is 43.5. The van der Waals surface area contributed by atoms with Gasteiger partial charge in [-0.3, -0.25) is 4.99 Å². The molecule has 0 radical (unpaired) electrons. The zero-order valence-corrected chi connectivity index (χ0v) is 36.3. The second kappa shape index (κ2) is 21.7. The summed E-state index contributed by atoms with van der Waals surface area (Å²) in [4.78, 5) is 7.02. The molecule has 0 spiro atoms. The Kier molecular flexibility index (Phi) is 16.3. The summed E-state index contributed by atoms with van der Waals surface area (Å²) in [5.41, 5.74) is 13.6. The van der Waals surface area contributed by atoms with Gasteiger partial charge in [0.1, 0.15) is 0 Å². The van der Waals surface area contributed by atoms with Crippen LogP contribution in [-0.2, 0) is 0 Å². The third-order valence-electron chi connectivity index (χ3n) is 11.3. The van der Waals surface area contributed by atoms with Crippen LogP contribution in [0.2, 0.25) is 0 Å². The van der Waals surface area contributed by atoms with Crippen LogP contribution < -0.4 is 4.90 Å². The van der Waals surface area contributed by atoms with Gasteiger partial charge in [0.25, 0.3) is 0 Å². The highest BCUT2D eigenvalue weighted by Gasteiger charge is 2.27. The van der Waals surface area contributed by atoms with E-state index in [1.165, 1.54) is 33.5 Å². The summed E-state index contributed by atoms with van der Waals surface area (Å²) in [6, 6.07) is 18.1. The molecule has 0 saturated carbocycles. The molecule has 0 saturated heterocycles. The predicted octanol–water partition coefficient (Wildman–Crippen LogP) is 15.9. The van der Waals surface area contributed by atoms with Gasteiger partial charge >= 0.3 is 0 Å². The minimum Gasteiger partial charge on any atom is -0.320 e. The van der Waals surface area contributed by atoms with E-state index in [4.69, 9.17) is 0 Å². The van der Waals surface area contributed by atoms with Crippen LogP contribution >= 0.6 is 0 Å². The fourth-order valence-corrected chi connectivity index (χ4v) is 7.56. The molecule has 3 aromatic rings. The van der Waals surface area contributed by atoms with Crippen molar-refractivity contribution in [1.29, 1.82) is 0 Å². The molecule has 1 aliphatic carbocycles. The normalized spacial score (nSPS) is 20.0. The van der Waals surface area contributed by atoms with E-state index in [0.717, 1.165) is 67.0 Å². The standard InChI is InChI=1S/C55H65N3/c1-9-13-17-25-49-42-57(43(5)23-14-10-2)54(22-11-3)53(49)36-31-45-29-33-51(34-30-45)58(52-28-20-26-48(41-52)47-27-21-39-56-40-37-47)50(12-4)35-32-46-24-18-15-16-19-38-55(7,8)44(46)6/h9-11,13-20,22-23,25-36,40-42,44H,12,21,24,37-39H2,1-8H3/b13-9-,14-10-,18-15-,19-16-,22-11-,25-17-,36-31+,43-23+,46-32-,50-35+. The molecule has 0 fully saturated rings. The Labute approximate surface area is 350 Å². The van der Waals surface area contributed by atoms with E-state index >= 15 is 0 Å². The van der Waals surface area contributed by atoms with Crippen molar-refractivity contribution < 1.29 is 0 Å². The van der Waals surface area contributed by atoms with Crippen molar-refractivity contribution in [1.82, 2.24) is 4.57 Å². The molecule has 1 unspecified atom stereocenters. The molecule has 0 bridgehead atoms. The topological polar surface area (TPSA) is 20.5 Å². The fourth-order valence-electron chi connectivity index (χ4n) is 7.56. The van der Waals surface area contributed by atoms with Crippen molar-refractivity contribution in [3.05, 3.63) is 179 Å². The number of hydrogen-bond acceptors (Lipinski definition) is 2. The van der Waals surface area contributed by atoms with Gasteiger partial charge in [0.15, 0.2) is 0 Å². The molecule has 0 amide bonds. The van der Waals surface area contributed by atoms with Gasteiger partial charge in [-0.05, 0) is 124 Å². The van der Waals surface area contributed by atoms with E-state index in [1.807, 2.05) is 13.8 Å². The van der Waals surface area contributed by atoms with Crippen LogP contribution in [0.25, 0.3) is 35.6 Å². The van der Waals surface area contributed by atoms with Gasteiger partial charge in [0, 0.05) is 59.3 Å². The first-order chi connectivity index (χ1) is 28.2. The molecule has 2 aromatic carbocycles. The van der Waals surface area contributed by atoms with Crippen molar-refractivity contribution in [3.63, 3.8) is 0 Å². The van der Waals surface area contributed by atoms with Crippen LogP contribution in [0.3, 0.4) is 0 Å². The summed E-state index contributed by atoms with van der Waals surface area (Å²) >= 11 is 0. The monoisotopic (exact) mass is 768 g/mol. The summed E-state index contributed by atoms with van der Waals surface area (Å²) in [7, 11) is 0. The smallest absolute Gasteiger partial charge is 0.0528 e. The number of aliphatic imine (C=N–C) groups is 1. The predicted molar refractivity (Wildman–Crippen MR) is 259 cm³/mol. The van der Waals surface area contributed by atoms with E-state index in [1.54, 1.807) is 0 Å². The van der Waals surface area contributed by atoms with Crippen molar-refractivity contribution in [3.8, 4) is 0 Å². The largest absolute Gasteiger partial charge is 0.320 e. The van der Waals surface area contributed by atoms with E-state index in [-0.39, 0.29) is 5.41 Å². The van der Waals surface area contributed by atoms with Crippen LogP contribution in [0.5, 0.6) is 0 Å². The number of hydrogen-bond donors (Lipinski definition) is 0. The number of aromatic nitrogens is 1. The van der Waals surface area contributed by atoms with E-state index in [9.17, 15) is 0 Å². The highest BCUT2D eigenvalue weighted by molar-refractivity contribution is 5.84. The minimum absolute atomic E-state index is 0.170. The van der Waals surface area contributed by atoms with Crippen molar-refractivity contribution in [2.45, 2.75) is 87.5 Å². The molecule has 1 aliphatic heterocycles. The quantitative estimate of drug-likeness (QED) is 0.159. The number of rotatable bonds is 13. The van der Waals surface area contributed by atoms with E-state index in [0.29, 0.717) is 5.92 Å². The molecule has 58 heavy (non-hydrogen) atoms. The van der Waals surface area contributed by atoms with Crippen molar-refractivity contribution in [2.24, 2.45) is 16.3 Å². The van der Waals surface area contributed by atoms with E-state index < -0.39 is 0 Å². The van der Waals surface area contributed by atoms with Crippen LogP contribution in [0, 0.1) is 11.3 Å². The third kappa shape index (κ3) is 11.5. The second-order valence-corrected chi connectivity index (χ2v) is 15.8. The molecular weight excluding hydrogens is 703 g/mol. The highest BCUT2D eigenvalue weighted by Crippen LogP contribution is 2.39. The zero-order chi connectivity index (χ0) is 41.3. The molecule has 0 N–H and O–H groups in total. The Balaban J connectivity index is 1.59. The summed E-state index contributed by atoms with van der Waals surface area (Å²) in [5, 5.41) is 0. The summed E-state index contributed by atoms with van der Waals surface area (Å²) in [6.07, 6.45) is 48.8. The van der Waals surface area contributed by atoms with Crippen LogP contribution in [0.4, 0.5) is 11.4 Å². The Bertz CT molecular complexity index is 2210. The number of nitrogens with zero attached hydrogens (tertiary/aromatic N) is 3. The lowest BCUT2D eigenvalue weighted by Crippen LogP contribution is -2.22. The first-order valence-electron chi connectivity index (χ1n) is 21.2. The number of benzene rings is 2. The van der Waals surface area contributed by atoms with Gasteiger partial charge in [0.2, 0.25) is 0 Å². The van der Waals surface area contributed by atoms with Gasteiger partial charge in [-0.25, -0.2) is 0 Å². The first-order valence-corrected chi connectivity index (χ1v) is 21.2. The fraction of sp³-hybridized carbons (Fsp3) is 0.291. The van der Waals surface area contributed by atoms with Gasteiger partial charge in [-0.1, -0.05) is 149 Å². The zero-order valence-electron chi connectivity index (χ0n) is 36.3. The maximum atomic E-state index is 4.56. The van der Waals surface area contributed by atoms with Gasteiger partial charge in [-0.2, -0.15) is 0 Å². The molecule has 3 nitrogen and oxygen atoms in total. The Hall–Kier alpha value is -5.67. The molecule has 1 aromatic heterocycles. The molecule has 3 heteroatoms. The Morgan fingerprint density at radius 2 is 1.66 bits per heavy atom. The molecule has 5 rings (SSSR count). The highest BCUT2D eigenvalue weighted by atomic mass is 15.1. The van der Waals surface area contributed by atoms with Gasteiger partial charge in [-0.15, -0.1) is 0 Å². The Morgan fingerprint density at radius 3 is 2.41 bits per heavy atom. The summed E-state index contributed by atoms with van der Waals surface area (Å²) < 4.78 is 2.28. The molecule has 2 heterocycles. The summed E-state index contributed by atoms with van der Waals surface area (Å²) in [5.74, 6) is 0.443. The molecule has 2 aliphatic rings. The van der Waals surface area contributed by atoms with Gasteiger partial charge in [0.05, 0.1) is 5.69 Å². The Morgan fingerprint density at radius 1 is 0.862 bits per heavy atom. The van der Waals surface area contributed by atoms with Crippen molar-refractivity contribution in [2.75, 3.05) is 11.4 Å². The minimum atomic E-state index is 0.170. The van der Waals surface area contributed by atoms with E-state index in [2.05, 4.69) is 226 Å². The lowest BCUT2D eigenvalue weighted by Gasteiger charge is -2.33. The molecule has 300 valence electrons. The molecular formula is C55H65N3. The average molecular weight is 768 g/mol. The van der Waals surface area contributed by atoms with Crippen LogP contribution in [-0.4, -0.2) is 17.3 Å². The summed E-state index contributed by atoms with van der Waals surface area (Å²) in [6.45, 7) is 18.7.